The maximum absolute atomic E-state index is 11.2. The van der Waals surface area contributed by atoms with Gasteiger partial charge in [0.2, 0.25) is 0 Å². The standard InChI is InChI=1S/C13H16N2O2S/c1-15(2)13(16)17-7-8-18-12-9-10-5-3-4-6-11(10)14-12/h3-6H,7-9H2,1-2H3. The number of carbonyl (C=O) groups is 1. The number of rotatable bonds is 3. The van der Waals surface area contributed by atoms with Crippen LogP contribution in [0.25, 0.3) is 0 Å². The first kappa shape index (κ1) is 13.0. The summed E-state index contributed by atoms with van der Waals surface area (Å²) in [7, 11) is 3.35. The monoisotopic (exact) mass is 264 g/mol. The largest absolute Gasteiger partial charge is 0.449 e. The van der Waals surface area contributed by atoms with Crippen molar-refractivity contribution in [1.29, 1.82) is 0 Å². The molecule has 1 aromatic carbocycles. The molecule has 0 fully saturated rings. The number of hydrogen-bond donors (Lipinski definition) is 0. The summed E-state index contributed by atoms with van der Waals surface area (Å²) in [5.74, 6) is 0.742. The molecule has 18 heavy (non-hydrogen) atoms. The van der Waals surface area contributed by atoms with Crippen LogP contribution < -0.4 is 0 Å². The number of nitrogens with zero attached hydrogens (tertiary/aromatic N) is 2. The van der Waals surface area contributed by atoms with Crippen molar-refractivity contribution in [3.8, 4) is 0 Å². The van der Waals surface area contributed by atoms with E-state index in [0.29, 0.717) is 6.61 Å². The van der Waals surface area contributed by atoms with Crippen molar-refractivity contribution in [3.05, 3.63) is 29.8 Å². The molecule has 0 unspecified atom stereocenters. The predicted molar refractivity (Wildman–Crippen MR) is 74.7 cm³/mol. The normalized spacial score (nSPS) is 12.9. The van der Waals surface area contributed by atoms with E-state index >= 15 is 0 Å². The Bertz CT molecular complexity index is 472. The lowest BCUT2D eigenvalue weighted by Crippen LogP contribution is -2.23. The maximum Gasteiger partial charge on any atom is 0.409 e. The van der Waals surface area contributed by atoms with Crippen LogP contribution in [0.2, 0.25) is 0 Å². The number of amides is 1. The highest BCUT2D eigenvalue weighted by Crippen LogP contribution is 2.29. The van der Waals surface area contributed by atoms with Gasteiger partial charge < -0.3 is 9.64 Å². The summed E-state index contributed by atoms with van der Waals surface area (Å²) in [5.41, 5.74) is 2.33. The molecule has 0 spiro atoms. The second-order valence-corrected chi connectivity index (χ2v) is 5.34. The van der Waals surface area contributed by atoms with Gasteiger partial charge in [-0.05, 0) is 11.6 Å². The van der Waals surface area contributed by atoms with E-state index in [1.165, 1.54) is 10.5 Å². The number of thioether (sulfide) groups is 1. The average molecular weight is 264 g/mol. The van der Waals surface area contributed by atoms with Crippen LogP contribution in [0.15, 0.2) is 29.3 Å². The van der Waals surface area contributed by atoms with Crippen molar-refractivity contribution < 1.29 is 9.53 Å². The molecular formula is C13H16N2O2S. The van der Waals surface area contributed by atoms with Gasteiger partial charge in [0.15, 0.2) is 0 Å². The van der Waals surface area contributed by atoms with Gasteiger partial charge in [0.1, 0.15) is 6.61 Å². The van der Waals surface area contributed by atoms with E-state index in [0.717, 1.165) is 22.9 Å². The molecule has 1 aliphatic heterocycles. The number of carbonyl (C=O) groups excluding carboxylic acids is 1. The van der Waals surface area contributed by atoms with Gasteiger partial charge in [-0.1, -0.05) is 18.2 Å². The fraction of sp³-hybridized carbons (Fsp3) is 0.385. The summed E-state index contributed by atoms with van der Waals surface area (Å²) in [6, 6.07) is 8.14. The third kappa shape index (κ3) is 3.26. The van der Waals surface area contributed by atoms with Crippen LogP contribution in [0.3, 0.4) is 0 Å². The van der Waals surface area contributed by atoms with Crippen molar-refractivity contribution in [1.82, 2.24) is 4.90 Å². The van der Waals surface area contributed by atoms with E-state index in [1.807, 2.05) is 18.2 Å². The van der Waals surface area contributed by atoms with E-state index in [1.54, 1.807) is 25.9 Å². The van der Waals surface area contributed by atoms with E-state index in [9.17, 15) is 4.79 Å². The van der Waals surface area contributed by atoms with Gasteiger partial charge in [0, 0.05) is 26.3 Å². The predicted octanol–water partition coefficient (Wildman–Crippen LogP) is 2.70. The molecule has 0 bridgehead atoms. The molecule has 0 aromatic heterocycles. The van der Waals surface area contributed by atoms with Gasteiger partial charge in [-0.25, -0.2) is 9.79 Å². The first-order valence-electron chi connectivity index (χ1n) is 5.79. The Labute approximate surface area is 111 Å². The number of benzene rings is 1. The Morgan fingerprint density at radius 3 is 2.94 bits per heavy atom. The molecule has 96 valence electrons. The van der Waals surface area contributed by atoms with E-state index in [2.05, 4.69) is 11.1 Å². The lowest BCUT2D eigenvalue weighted by atomic mass is 10.2. The molecule has 5 heteroatoms. The molecule has 0 saturated heterocycles. The van der Waals surface area contributed by atoms with Gasteiger partial charge in [-0.2, -0.15) is 0 Å². The topological polar surface area (TPSA) is 41.9 Å². The Morgan fingerprint density at radius 2 is 2.22 bits per heavy atom. The summed E-state index contributed by atoms with van der Waals surface area (Å²) in [6.07, 6.45) is 0.592. The first-order chi connectivity index (χ1) is 8.66. The summed E-state index contributed by atoms with van der Waals surface area (Å²) >= 11 is 1.65. The van der Waals surface area contributed by atoms with Crippen molar-refractivity contribution in [3.63, 3.8) is 0 Å². The first-order valence-corrected chi connectivity index (χ1v) is 6.78. The zero-order chi connectivity index (χ0) is 13.0. The maximum atomic E-state index is 11.2. The van der Waals surface area contributed by atoms with Crippen LogP contribution in [0.1, 0.15) is 5.56 Å². The number of ether oxygens (including phenoxy) is 1. The van der Waals surface area contributed by atoms with Crippen molar-refractivity contribution >= 4 is 28.6 Å². The molecule has 0 radical (unpaired) electrons. The van der Waals surface area contributed by atoms with E-state index in [-0.39, 0.29) is 6.09 Å². The van der Waals surface area contributed by atoms with Crippen molar-refractivity contribution in [2.45, 2.75) is 6.42 Å². The van der Waals surface area contributed by atoms with Gasteiger partial charge in [-0.3, -0.25) is 0 Å². The molecule has 0 atom stereocenters. The Kier molecular flexibility index (Phi) is 4.25. The number of para-hydroxylation sites is 1. The van der Waals surface area contributed by atoms with Crippen LogP contribution in [0, 0.1) is 0 Å². The fourth-order valence-corrected chi connectivity index (χ4v) is 2.43. The lowest BCUT2D eigenvalue weighted by Gasteiger charge is -2.10. The second kappa shape index (κ2) is 5.91. The van der Waals surface area contributed by atoms with Gasteiger partial charge in [0.05, 0.1) is 10.7 Å². The van der Waals surface area contributed by atoms with Crippen LogP contribution >= 0.6 is 11.8 Å². The third-order valence-corrected chi connectivity index (χ3v) is 3.46. The average Bonchev–Trinajstić information content (AvgIpc) is 2.76. The summed E-state index contributed by atoms with van der Waals surface area (Å²) in [5, 5.41) is 1.09. The minimum atomic E-state index is -0.299. The lowest BCUT2D eigenvalue weighted by molar-refractivity contribution is 0.125. The van der Waals surface area contributed by atoms with Gasteiger partial charge in [-0.15, -0.1) is 11.8 Å². The SMILES string of the molecule is CN(C)C(=O)OCCSC1=Nc2ccccc2C1. The summed E-state index contributed by atoms with van der Waals surface area (Å²) in [6.45, 7) is 0.414. The van der Waals surface area contributed by atoms with Crippen LogP contribution in [-0.2, 0) is 11.2 Å². The third-order valence-electron chi connectivity index (χ3n) is 2.52. The molecule has 1 aliphatic rings. The fourth-order valence-electron chi connectivity index (χ4n) is 1.61. The van der Waals surface area contributed by atoms with Gasteiger partial charge >= 0.3 is 6.09 Å². The molecule has 2 rings (SSSR count). The molecule has 1 aromatic rings. The minimum Gasteiger partial charge on any atom is -0.449 e. The minimum absolute atomic E-state index is 0.299. The molecule has 0 N–H and O–H groups in total. The van der Waals surface area contributed by atoms with E-state index < -0.39 is 0 Å². The molecule has 1 amide bonds. The molecular weight excluding hydrogens is 248 g/mol. The Balaban J connectivity index is 1.72. The van der Waals surface area contributed by atoms with E-state index in [4.69, 9.17) is 4.74 Å². The van der Waals surface area contributed by atoms with Crippen molar-refractivity contribution in [2.24, 2.45) is 4.99 Å². The zero-order valence-corrected chi connectivity index (χ0v) is 11.4. The Morgan fingerprint density at radius 1 is 1.44 bits per heavy atom. The van der Waals surface area contributed by atoms with Gasteiger partial charge in [0.25, 0.3) is 0 Å². The number of aliphatic imine (C=N–C) groups is 1. The summed E-state index contributed by atoms with van der Waals surface area (Å²) < 4.78 is 5.05. The quantitative estimate of drug-likeness (QED) is 0.788. The number of hydrogen-bond acceptors (Lipinski definition) is 4. The second-order valence-electron chi connectivity index (χ2n) is 4.17. The number of fused-ring (bicyclic) bond motifs is 1. The highest BCUT2D eigenvalue weighted by Gasteiger charge is 2.14. The molecule has 0 saturated carbocycles. The Hall–Kier alpha value is -1.49. The molecule has 4 nitrogen and oxygen atoms in total. The highest BCUT2D eigenvalue weighted by atomic mass is 32.2. The van der Waals surface area contributed by atoms with Crippen molar-refractivity contribution in [2.75, 3.05) is 26.5 Å². The van der Waals surface area contributed by atoms with Crippen LogP contribution in [0.5, 0.6) is 0 Å². The summed E-state index contributed by atoms with van der Waals surface area (Å²) in [4.78, 5) is 17.1. The zero-order valence-electron chi connectivity index (χ0n) is 10.5. The smallest absolute Gasteiger partial charge is 0.409 e. The molecule has 1 heterocycles. The molecule has 0 aliphatic carbocycles. The van der Waals surface area contributed by atoms with Crippen LogP contribution in [-0.4, -0.2) is 42.5 Å². The van der Waals surface area contributed by atoms with Crippen LogP contribution in [0.4, 0.5) is 10.5 Å². The highest BCUT2D eigenvalue weighted by molar-refractivity contribution is 8.14.